The summed E-state index contributed by atoms with van der Waals surface area (Å²) in [7, 11) is 0. The van der Waals surface area contributed by atoms with Crippen molar-refractivity contribution in [1.29, 1.82) is 0 Å². The third-order valence-corrected chi connectivity index (χ3v) is 19.0. The Kier molecular flexibility index (Phi) is 12.1. The fourth-order valence-corrected chi connectivity index (χ4v) is 14.3. The molecule has 4 heteroatoms. The second kappa shape index (κ2) is 19.7. The summed E-state index contributed by atoms with van der Waals surface area (Å²) in [6, 6.07) is 72.3. The molecule has 0 amide bonds. The molecule has 1 aromatic heterocycles. The summed E-state index contributed by atoms with van der Waals surface area (Å²) >= 11 is 0. The molecule has 10 aromatic rings. The number of hydrogen-bond acceptors (Lipinski definition) is 4. The van der Waals surface area contributed by atoms with Gasteiger partial charge in [0.25, 0.3) is 0 Å². The van der Waals surface area contributed by atoms with Gasteiger partial charge in [-0.05, 0) is 199 Å². The van der Waals surface area contributed by atoms with E-state index < -0.39 is 0 Å². The molecule has 0 bridgehead atoms. The number of nitrogens with zero attached hydrogens (tertiary/aromatic N) is 4. The van der Waals surface area contributed by atoms with Crippen molar-refractivity contribution in [3.8, 4) is 33.4 Å². The molecule has 1 atom stereocenters. The molecular formula is C81H68N4. The minimum absolute atomic E-state index is 0.163. The number of aliphatic imine (C=N–C) groups is 1. The first-order valence-electron chi connectivity index (χ1n) is 30.1. The second-order valence-corrected chi connectivity index (χ2v) is 25.6. The van der Waals surface area contributed by atoms with Crippen LogP contribution in [0.4, 0.5) is 28.6 Å². The van der Waals surface area contributed by atoms with E-state index in [-0.39, 0.29) is 16.2 Å². The van der Waals surface area contributed by atoms with Crippen LogP contribution < -0.4 is 9.80 Å². The Labute approximate surface area is 500 Å². The smallest absolute Gasteiger partial charge is 0.138 e. The zero-order valence-electron chi connectivity index (χ0n) is 49.7. The van der Waals surface area contributed by atoms with Crippen molar-refractivity contribution >= 4 is 69.5 Å². The molecule has 4 nitrogen and oxygen atoms in total. The SMILES string of the molecule is Cc1cccc(N(C2=CCC3C=CC=CC3=N2)c2ccc3c(c2)C(C)(C)c2cc(/C=C/c4ccc5c(c4)C(C)(C)c4cc(/C=C/c6ccc7c(c6)C(C)(C)c6cc(N(c8cccc(C)c8)c8ccc9ccccc9n8)ccc6-7)ccc4-5)ccc2-3)c1. The number of aryl methyl sites for hydroxylation is 2. The molecule has 2 heterocycles. The van der Waals surface area contributed by atoms with Gasteiger partial charge in [0, 0.05) is 56.0 Å². The van der Waals surface area contributed by atoms with E-state index in [1.165, 1.54) is 100 Å². The second-order valence-electron chi connectivity index (χ2n) is 25.6. The van der Waals surface area contributed by atoms with Crippen molar-refractivity contribution in [1.82, 2.24) is 4.98 Å². The lowest BCUT2D eigenvalue weighted by Gasteiger charge is -2.31. The summed E-state index contributed by atoms with van der Waals surface area (Å²) in [5.74, 6) is 2.21. The normalized spacial score (nSPS) is 16.8. The van der Waals surface area contributed by atoms with Gasteiger partial charge in [-0.1, -0.05) is 211 Å². The number of hydrogen-bond donors (Lipinski definition) is 0. The third kappa shape index (κ3) is 8.80. The molecule has 1 unspecified atom stereocenters. The maximum atomic E-state index is 5.26. The molecule has 0 spiro atoms. The van der Waals surface area contributed by atoms with Crippen LogP contribution in [0.5, 0.6) is 0 Å². The summed E-state index contributed by atoms with van der Waals surface area (Å²) in [6.45, 7) is 18.6. The molecule has 0 saturated carbocycles. The van der Waals surface area contributed by atoms with Crippen LogP contribution in [0, 0.1) is 19.8 Å². The van der Waals surface area contributed by atoms with Gasteiger partial charge in [-0.2, -0.15) is 0 Å². The van der Waals surface area contributed by atoms with Crippen molar-refractivity contribution < 1.29 is 0 Å². The summed E-state index contributed by atoms with van der Waals surface area (Å²) in [5, 5.41) is 1.13. The van der Waals surface area contributed by atoms with E-state index in [0.717, 1.165) is 57.4 Å². The molecule has 9 aromatic carbocycles. The van der Waals surface area contributed by atoms with Gasteiger partial charge in [0.1, 0.15) is 11.6 Å². The minimum atomic E-state index is -0.210. The van der Waals surface area contributed by atoms with Gasteiger partial charge in [0.2, 0.25) is 0 Å². The van der Waals surface area contributed by atoms with E-state index in [1.807, 2.05) is 0 Å². The average molecular weight is 1100 g/mol. The minimum Gasteiger partial charge on any atom is -0.295 e. The first-order chi connectivity index (χ1) is 41.1. The van der Waals surface area contributed by atoms with Crippen LogP contribution in [0.2, 0.25) is 0 Å². The molecular weight excluding hydrogens is 1030 g/mol. The molecule has 85 heavy (non-hydrogen) atoms. The number of fused-ring (bicyclic) bond motifs is 11. The summed E-state index contributed by atoms with van der Waals surface area (Å²) in [5.41, 5.74) is 29.2. The molecule has 4 aliphatic carbocycles. The molecule has 15 rings (SSSR count). The highest BCUT2D eigenvalue weighted by molar-refractivity contribution is 6.01. The Morgan fingerprint density at radius 3 is 1.34 bits per heavy atom. The van der Waals surface area contributed by atoms with E-state index in [1.54, 1.807) is 0 Å². The number of anilines is 5. The van der Waals surface area contributed by atoms with Crippen molar-refractivity contribution in [3.05, 3.63) is 297 Å². The quantitative estimate of drug-likeness (QED) is 0.128. The first kappa shape index (κ1) is 52.2. The van der Waals surface area contributed by atoms with Crippen molar-refractivity contribution in [2.45, 2.75) is 78.1 Å². The highest BCUT2D eigenvalue weighted by Gasteiger charge is 2.39. The van der Waals surface area contributed by atoms with Crippen LogP contribution in [-0.2, 0) is 16.2 Å². The number of aromatic nitrogens is 1. The molecule has 412 valence electrons. The van der Waals surface area contributed by atoms with Gasteiger partial charge in [0.15, 0.2) is 0 Å². The zero-order valence-corrected chi connectivity index (χ0v) is 49.7. The van der Waals surface area contributed by atoms with Crippen molar-refractivity contribution in [3.63, 3.8) is 0 Å². The van der Waals surface area contributed by atoms with Gasteiger partial charge < -0.3 is 0 Å². The van der Waals surface area contributed by atoms with Crippen LogP contribution in [0.25, 0.3) is 68.6 Å². The van der Waals surface area contributed by atoms with E-state index in [9.17, 15) is 0 Å². The fraction of sp³-hybridized carbons (Fsp3) is 0.160. The van der Waals surface area contributed by atoms with E-state index >= 15 is 0 Å². The number of rotatable bonds is 10. The predicted octanol–water partition coefficient (Wildman–Crippen LogP) is 21.1. The van der Waals surface area contributed by atoms with E-state index in [0.29, 0.717) is 5.92 Å². The third-order valence-electron chi connectivity index (χ3n) is 19.0. The summed E-state index contributed by atoms with van der Waals surface area (Å²) in [4.78, 5) is 15.1. The lowest BCUT2D eigenvalue weighted by molar-refractivity contribution is 0.660. The van der Waals surface area contributed by atoms with E-state index in [2.05, 4.69) is 314 Å². The molecule has 0 saturated heterocycles. The Bertz CT molecular complexity index is 4640. The van der Waals surface area contributed by atoms with Crippen molar-refractivity contribution in [2.75, 3.05) is 9.80 Å². The number of pyridine rings is 1. The largest absolute Gasteiger partial charge is 0.295 e. The Hall–Kier alpha value is -9.64. The molecule has 1 aliphatic heterocycles. The van der Waals surface area contributed by atoms with Crippen LogP contribution in [-0.4, -0.2) is 10.7 Å². The number of para-hydroxylation sites is 1. The average Bonchev–Trinajstić information content (AvgIpc) is 1.98. The van der Waals surface area contributed by atoms with Gasteiger partial charge >= 0.3 is 0 Å². The zero-order chi connectivity index (χ0) is 57.9. The lowest BCUT2D eigenvalue weighted by atomic mass is 9.81. The Morgan fingerprint density at radius 1 is 0.412 bits per heavy atom. The monoisotopic (exact) mass is 1100 g/mol. The lowest BCUT2D eigenvalue weighted by Crippen LogP contribution is -2.23. The standard InChI is InChI=1S/C81H68N4/c1-51-15-13-19-59(43-51)84(77-41-31-57-17-9-11-21-75(57)82-77)61-33-39-67-65-37-29-55(47-71(65)80(5,6)73(67)49-61)25-23-53-27-35-63-64-36-28-54(46-70(64)79(3,4)69(63)45-53)24-26-56-30-38-66-68-40-34-62(50-74(68)81(7,8)72(66)48-56)85(60-20-14-16-52(2)44-60)78-42-32-58-18-10-12-22-76(58)83-78/h9-31,33-50,58H,32H2,1-8H3/b25-23+,26-24+. The molecule has 0 radical (unpaired) electrons. The van der Waals surface area contributed by atoms with Crippen LogP contribution in [0.3, 0.4) is 0 Å². The van der Waals surface area contributed by atoms with Gasteiger partial charge in [-0.3, -0.25) is 9.80 Å². The maximum absolute atomic E-state index is 5.26. The highest BCUT2D eigenvalue weighted by atomic mass is 15.2. The van der Waals surface area contributed by atoms with Crippen LogP contribution in [0.15, 0.2) is 235 Å². The topological polar surface area (TPSA) is 31.7 Å². The summed E-state index contributed by atoms with van der Waals surface area (Å²) in [6.07, 6.45) is 21.1. The van der Waals surface area contributed by atoms with E-state index in [4.69, 9.17) is 9.98 Å². The number of allylic oxidation sites excluding steroid dienone is 5. The van der Waals surface area contributed by atoms with Crippen molar-refractivity contribution in [2.24, 2.45) is 10.9 Å². The highest BCUT2D eigenvalue weighted by Crippen LogP contribution is 2.54. The maximum Gasteiger partial charge on any atom is 0.138 e. The molecule has 0 fully saturated rings. The van der Waals surface area contributed by atoms with Gasteiger partial charge in [-0.15, -0.1) is 0 Å². The first-order valence-corrected chi connectivity index (χ1v) is 30.1. The Morgan fingerprint density at radius 2 is 0.847 bits per heavy atom. The van der Waals surface area contributed by atoms with Gasteiger partial charge in [0.05, 0.1) is 5.52 Å². The molecule has 0 N–H and O–H groups in total. The predicted molar refractivity (Wildman–Crippen MR) is 360 cm³/mol. The van der Waals surface area contributed by atoms with Crippen LogP contribution >= 0.6 is 0 Å². The number of benzene rings is 9. The van der Waals surface area contributed by atoms with Gasteiger partial charge in [-0.25, -0.2) is 9.98 Å². The van der Waals surface area contributed by atoms with Crippen LogP contribution in [0.1, 0.15) is 115 Å². The fourth-order valence-electron chi connectivity index (χ4n) is 14.3. The molecule has 5 aliphatic rings. The Balaban J connectivity index is 0.664. The summed E-state index contributed by atoms with van der Waals surface area (Å²) < 4.78 is 0.